The van der Waals surface area contributed by atoms with Crippen molar-refractivity contribution in [3.63, 3.8) is 0 Å². The summed E-state index contributed by atoms with van der Waals surface area (Å²) in [5, 5.41) is 4.35. The zero-order chi connectivity index (χ0) is 20.7. The predicted molar refractivity (Wildman–Crippen MR) is 118 cm³/mol. The van der Waals surface area contributed by atoms with Crippen LogP contribution in [0.4, 0.5) is 0 Å². The Labute approximate surface area is 177 Å². The molecule has 152 valence electrons. The smallest absolute Gasteiger partial charge is 0.194 e. The van der Waals surface area contributed by atoms with Crippen LogP contribution in [-0.4, -0.2) is 39.1 Å². The van der Waals surface area contributed by atoms with Gasteiger partial charge in [0.05, 0.1) is 22.3 Å². The number of rotatable bonds is 7. The van der Waals surface area contributed by atoms with Gasteiger partial charge in [-0.1, -0.05) is 53.5 Å². The molecule has 0 saturated carbocycles. The molecule has 28 heavy (non-hydrogen) atoms. The van der Waals surface area contributed by atoms with Crippen LogP contribution >= 0.6 is 23.2 Å². The van der Waals surface area contributed by atoms with Crippen LogP contribution < -0.4 is 5.32 Å². The molecule has 0 heterocycles. The van der Waals surface area contributed by atoms with E-state index in [0.29, 0.717) is 23.1 Å². The molecule has 1 N–H and O–H groups in total. The first-order valence-electron chi connectivity index (χ1n) is 8.87. The van der Waals surface area contributed by atoms with Gasteiger partial charge in [-0.15, -0.1) is 0 Å². The third-order valence-corrected chi connectivity index (χ3v) is 5.56. The molecule has 0 saturated heterocycles. The third kappa shape index (κ3) is 7.34. The number of nitrogens with zero attached hydrogens (tertiary/aromatic N) is 2. The van der Waals surface area contributed by atoms with E-state index in [1.165, 1.54) is 6.26 Å². The highest BCUT2D eigenvalue weighted by Gasteiger charge is 2.09. The molecule has 0 aliphatic heterocycles. The lowest BCUT2D eigenvalue weighted by atomic mass is 10.1. The van der Waals surface area contributed by atoms with Gasteiger partial charge in [0.25, 0.3) is 0 Å². The van der Waals surface area contributed by atoms with Crippen molar-refractivity contribution in [3.05, 3.63) is 69.2 Å². The number of sulfone groups is 1. The van der Waals surface area contributed by atoms with E-state index < -0.39 is 9.84 Å². The molecule has 2 aromatic rings. The van der Waals surface area contributed by atoms with Gasteiger partial charge >= 0.3 is 0 Å². The molecular weight excluding hydrogens is 417 g/mol. The van der Waals surface area contributed by atoms with Gasteiger partial charge in [-0.05, 0) is 35.7 Å². The molecule has 2 aromatic carbocycles. The van der Waals surface area contributed by atoms with Gasteiger partial charge < -0.3 is 10.2 Å². The van der Waals surface area contributed by atoms with Crippen molar-refractivity contribution in [2.45, 2.75) is 25.8 Å². The van der Waals surface area contributed by atoms with Crippen molar-refractivity contribution in [1.29, 1.82) is 0 Å². The number of benzene rings is 2. The van der Waals surface area contributed by atoms with Crippen molar-refractivity contribution in [2.75, 3.05) is 19.8 Å². The largest absolute Gasteiger partial charge is 0.357 e. The Balaban J connectivity index is 2.07. The first-order valence-corrected chi connectivity index (χ1v) is 11.7. The van der Waals surface area contributed by atoms with E-state index in [1.54, 1.807) is 6.07 Å². The van der Waals surface area contributed by atoms with Crippen molar-refractivity contribution in [2.24, 2.45) is 4.99 Å². The molecule has 0 unspecified atom stereocenters. The minimum atomic E-state index is -3.03. The molecule has 0 atom stereocenters. The van der Waals surface area contributed by atoms with Crippen LogP contribution in [0.15, 0.2) is 47.5 Å². The molecular formula is C20H25Cl2N3O2S. The SMILES string of the molecule is CCNC(=NCc1ccc(CS(C)(=O)=O)cc1)N(C)Cc1ccc(Cl)c(Cl)c1. The quantitative estimate of drug-likeness (QED) is 0.517. The van der Waals surface area contributed by atoms with E-state index in [0.717, 1.165) is 29.2 Å². The summed E-state index contributed by atoms with van der Waals surface area (Å²) in [6.07, 6.45) is 1.23. The first-order chi connectivity index (χ1) is 13.2. The summed E-state index contributed by atoms with van der Waals surface area (Å²) in [4.78, 5) is 6.69. The maximum absolute atomic E-state index is 11.4. The zero-order valence-corrected chi connectivity index (χ0v) is 18.6. The summed E-state index contributed by atoms with van der Waals surface area (Å²) in [6.45, 7) is 3.89. The number of hydrogen-bond donors (Lipinski definition) is 1. The van der Waals surface area contributed by atoms with Crippen LogP contribution in [0.25, 0.3) is 0 Å². The van der Waals surface area contributed by atoms with Gasteiger partial charge in [0.2, 0.25) is 0 Å². The fraction of sp³-hybridized carbons (Fsp3) is 0.350. The van der Waals surface area contributed by atoms with Crippen molar-refractivity contribution in [1.82, 2.24) is 10.2 Å². The average Bonchev–Trinajstić information content (AvgIpc) is 2.61. The second-order valence-corrected chi connectivity index (χ2v) is 9.62. The summed E-state index contributed by atoms with van der Waals surface area (Å²) in [7, 11) is -1.07. The van der Waals surface area contributed by atoms with E-state index >= 15 is 0 Å². The van der Waals surface area contributed by atoms with Gasteiger partial charge in [0.1, 0.15) is 0 Å². The van der Waals surface area contributed by atoms with Crippen LogP contribution in [0, 0.1) is 0 Å². The molecule has 8 heteroatoms. The van der Waals surface area contributed by atoms with E-state index in [2.05, 4.69) is 10.3 Å². The molecule has 0 aliphatic rings. The molecule has 0 aliphatic carbocycles. The number of nitrogens with one attached hydrogen (secondary N) is 1. The molecule has 0 radical (unpaired) electrons. The second-order valence-electron chi connectivity index (χ2n) is 6.66. The van der Waals surface area contributed by atoms with Crippen LogP contribution in [-0.2, 0) is 28.7 Å². The highest BCUT2D eigenvalue weighted by molar-refractivity contribution is 7.89. The van der Waals surface area contributed by atoms with Crippen LogP contribution in [0.1, 0.15) is 23.6 Å². The fourth-order valence-electron chi connectivity index (χ4n) is 2.67. The Kier molecular flexibility index (Phi) is 8.16. The number of halogens is 2. The Hall–Kier alpha value is -1.76. The van der Waals surface area contributed by atoms with Crippen molar-refractivity contribution >= 4 is 39.0 Å². The van der Waals surface area contributed by atoms with E-state index in [-0.39, 0.29) is 5.75 Å². The maximum Gasteiger partial charge on any atom is 0.194 e. The summed E-state index contributed by atoms with van der Waals surface area (Å²) in [6, 6.07) is 13.1. The molecule has 2 rings (SSSR count). The molecule has 5 nitrogen and oxygen atoms in total. The van der Waals surface area contributed by atoms with Gasteiger partial charge in [0.15, 0.2) is 15.8 Å². The Morgan fingerprint density at radius 3 is 2.21 bits per heavy atom. The lowest BCUT2D eigenvalue weighted by Gasteiger charge is -2.22. The number of hydrogen-bond acceptors (Lipinski definition) is 3. The molecule has 0 aromatic heterocycles. The van der Waals surface area contributed by atoms with Crippen LogP contribution in [0.3, 0.4) is 0 Å². The minimum absolute atomic E-state index is 0.0472. The van der Waals surface area contributed by atoms with Gasteiger partial charge in [-0.3, -0.25) is 0 Å². The zero-order valence-electron chi connectivity index (χ0n) is 16.2. The fourth-order valence-corrected chi connectivity index (χ4v) is 3.78. The number of aliphatic imine (C=N–C) groups is 1. The summed E-state index contributed by atoms with van der Waals surface area (Å²) >= 11 is 12.1. The lowest BCUT2D eigenvalue weighted by molar-refractivity contribution is 0.477. The maximum atomic E-state index is 11.4. The standard InChI is InChI=1S/C20H25Cl2N3O2S/c1-4-23-20(25(2)13-17-9-10-18(21)19(22)11-17)24-12-15-5-7-16(8-6-15)14-28(3,26)27/h5-11H,4,12-14H2,1-3H3,(H,23,24). The summed E-state index contributed by atoms with van der Waals surface area (Å²) < 4.78 is 22.8. The van der Waals surface area contributed by atoms with E-state index in [4.69, 9.17) is 23.2 Å². The topological polar surface area (TPSA) is 61.8 Å². The number of guanidine groups is 1. The molecule has 0 spiro atoms. The predicted octanol–water partition coefficient (Wildman–Crippen LogP) is 4.14. The van der Waals surface area contributed by atoms with Crippen LogP contribution in [0.2, 0.25) is 10.0 Å². The van der Waals surface area contributed by atoms with E-state index in [1.807, 2.05) is 55.3 Å². The summed E-state index contributed by atoms with van der Waals surface area (Å²) in [5.74, 6) is 0.819. The minimum Gasteiger partial charge on any atom is -0.357 e. The lowest BCUT2D eigenvalue weighted by Crippen LogP contribution is -2.38. The monoisotopic (exact) mass is 441 g/mol. The van der Waals surface area contributed by atoms with Gasteiger partial charge in [0, 0.05) is 26.4 Å². The second kappa shape index (κ2) is 10.1. The molecule has 0 fully saturated rings. The van der Waals surface area contributed by atoms with E-state index in [9.17, 15) is 8.42 Å². The Morgan fingerprint density at radius 2 is 1.64 bits per heavy atom. The normalized spacial score (nSPS) is 12.1. The average molecular weight is 442 g/mol. The molecule has 0 bridgehead atoms. The van der Waals surface area contributed by atoms with Gasteiger partial charge in [-0.25, -0.2) is 13.4 Å². The first kappa shape index (κ1) is 22.5. The van der Waals surface area contributed by atoms with Crippen LogP contribution in [0.5, 0.6) is 0 Å². The third-order valence-electron chi connectivity index (χ3n) is 3.96. The highest BCUT2D eigenvalue weighted by atomic mass is 35.5. The van der Waals surface area contributed by atoms with Gasteiger partial charge in [-0.2, -0.15) is 0 Å². The van der Waals surface area contributed by atoms with Crippen molar-refractivity contribution < 1.29 is 8.42 Å². The van der Waals surface area contributed by atoms with Crippen molar-refractivity contribution in [3.8, 4) is 0 Å². The Bertz CT molecular complexity index is 929. The Morgan fingerprint density at radius 1 is 1.04 bits per heavy atom. The summed E-state index contributed by atoms with van der Waals surface area (Å²) in [5.41, 5.74) is 2.82. The highest BCUT2D eigenvalue weighted by Crippen LogP contribution is 2.23. The molecule has 0 amide bonds.